The fourth-order valence-corrected chi connectivity index (χ4v) is 2.57. The molecule has 1 unspecified atom stereocenters. The lowest BCUT2D eigenvalue weighted by molar-refractivity contribution is 0.392. The van der Waals surface area contributed by atoms with E-state index in [9.17, 15) is 0 Å². The van der Waals surface area contributed by atoms with Gasteiger partial charge in [0.2, 0.25) is 0 Å². The van der Waals surface area contributed by atoms with Crippen LogP contribution in [-0.4, -0.2) is 46.7 Å². The number of rotatable bonds is 3. The van der Waals surface area contributed by atoms with E-state index in [4.69, 9.17) is 4.74 Å². The predicted molar refractivity (Wildman–Crippen MR) is 68.8 cm³/mol. The fourth-order valence-electron chi connectivity index (χ4n) is 2.57. The standard InChI is InChI=1S/C13H18N4O/c1-16-6-5-10(8-16)7-12-14-13-4-3-11(18-2)9-17(13)15-12/h3-4,9-10H,5-8H2,1-2H3. The minimum Gasteiger partial charge on any atom is -0.495 e. The monoisotopic (exact) mass is 246 g/mol. The van der Waals surface area contributed by atoms with Crippen LogP contribution in [0.25, 0.3) is 5.65 Å². The molecule has 0 amide bonds. The Balaban J connectivity index is 1.80. The molecular weight excluding hydrogens is 228 g/mol. The maximum absolute atomic E-state index is 5.18. The normalized spacial score (nSPS) is 20.7. The van der Waals surface area contributed by atoms with Crippen LogP contribution in [-0.2, 0) is 6.42 Å². The molecule has 0 N–H and O–H groups in total. The summed E-state index contributed by atoms with van der Waals surface area (Å²) < 4.78 is 6.98. The zero-order valence-electron chi connectivity index (χ0n) is 10.8. The highest BCUT2D eigenvalue weighted by atomic mass is 16.5. The number of likely N-dealkylation sites (tertiary alicyclic amines) is 1. The zero-order valence-corrected chi connectivity index (χ0v) is 10.8. The van der Waals surface area contributed by atoms with Gasteiger partial charge in [-0.05, 0) is 38.1 Å². The van der Waals surface area contributed by atoms with E-state index in [1.807, 2.05) is 18.3 Å². The molecular formula is C13H18N4O. The van der Waals surface area contributed by atoms with Gasteiger partial charge in [-0.15, -0.1) is 0 Å². The van der Waals surface area contributed by atoms with Crippen molar-refractivity contribution >= 4 is 5.65 Å². The third-order valence-electron chi connectivity index (χ3n) is 3.54. The first-order valence-corrected chi connectivity index (χ1v) is 6.32. The second-order valence-electron chi connectivity index (χ2n) is 5.02. The smallest absolute Gasteiger partial charge is 0.155 e. The lowest BCUT2D eigenvalue weighted by Crippen LogP contribution is -2.15. The van der Waals surface area contributed by atoms with Crippen molar-refractivity contribution in [3.8, 4) is 5.75 Å². The molecule has 0 radical (unpaired) electrons. The zero-order chi connectivity index (χ0) is 12.5. The summed E-state index contributed by atoms with van der Waals surface area (Å²) in [5.74, 6) is 2.43. The van der Waals surface area contributed by atoms with E-state index in [-0.39, 0.29) is 0 Å². The number of hydrogen-bond acceptors (Lipinski definition) is 4. The van der Waals surface area contributed by atoms with E-state index in [2.05, 4.69) is 22.0 Å². The molecule has 5 heteroatoms. The third kappa shape index (κ3) is 2.18. The number of fused-ring (bicyclic) bond motifs is 1. The van der Waals surface area contributed by atoms with Crippen LogP contribution in [0.15, 0.2) is 18.3 Å². The molecule has 2 aromatic heterocycles. The van der Waals surface area contributed by atoms with Gasteiger partial charge >= 0.3 is 0 Å². The van der Waals surface area contributed by atoms with Crippen molar-refractivity contribution in [3.05, 3.63) is 24.2 Å². The maximum Gasteiger partial charge on any atom is 0.155 e. The molecule has 5 nitrogen and oxygen atoms in total. The van der Waals surface area contributed by atoms with Gasteiger partial charge in [-0.2, -0.15) is 5.10 Å². The molecule has 1 aliphatic heterocycles. The molecule has 96 valence electrons. The van der Waals surface area contributed by atoms with Gasteiger partial charge in [0.05, 0.1) is 13.3 Å². The lowest BCUT2D eigenvalue weighted by Gasteiger charge is -2.07. The minimum atomic E-state index is 0.689. The molecule has 3 heterocycles. The van der Waals surface area contributed by atoms with E-state index < -0.39 is 0 Å². The molecule has 0 saturated carbocycles. The summed E-state index contributed by atoms with van der Waals surface area (Å²) in [4.78, 5) is 6.92. The first-order valence-electron chi connectivity index (χ1n) is 6.32. The van der Waals surface area contributed by atoms with Gasteiger partial charge in [0.15, 0.2) is 11.5 Å². The van der Waals surface area contributed by atoms with Gasteiger partial charge < -0.3 is 9.64 Å². The molecule has 0 spiro atoms. The van der Waals surface area contributed by atoms with Crippen molar-refractivity contribution in [2.75, 3.05) is 27.2 Å². The summed E-state index contributed by atoms with van der Waals surface area (Å²) in [6.45, 7) is 2.34. The van der Waals surface area contributed by atoms with E-state index >= 15 is 0 Å². The lowest BCUT2D eigenvalue weighted by atomic mass is 10.1. The van der Waals surface area contributed by atoms with Crippen LogP contribution in [0.1, 0.15) is 12.2 Å². The Labute approximate surface area is 106 Å². The number of hydrogen-bond donors (Lipinski definition) is 0. The Morgan fingerprint density at radius 3 is 3.06 bits per heavy atom. The predicted octanol–water partition coefficient (Wildman–Crippen LogP) is 1.23. The van der Waals surface area contributed by atoms with Crippen LogP contribution >= 0.6 is 0 Å². The largest absolute Gasteiger partial charge is 0.495 e. The van der Waals surface area contributed by atoms with Gasteiger partial charge in [0.25, 0.3) is 0 Å². The summed E-state index contributed by atoms with van der Waals surface area (Å²) in [6.07, 6.45) is 4.08. The Morgan fingerprint density at radius 1 is 1.44 bits per heavy atom. The molecule has 0 aliphatic carbocycles. The van der Waals surface area contributed by atoms with Crippen LogP contribution in [0, 0.1) is 5.92 Å². The molecule has 2 aromatic rings. The molecule has 18 heavy (non-hydrogen) atoms. The number of ether oxygens (including phenoxy) is 1. The van der Waals surface area contributed by atoms with Crippen molar-refractivity contribution in [2.24, 2.45) is 5.92 Å². The molecule has 3 rings (SSSR count). The topological polar surface area (TPSA) is 42.7 Å². The quantitative estimate of drug-likeness (QED) is 0.817. The summed E-state index contributed by atoms with van der Waals surface area (Å²) >= 11 is 0. The van der Waals surface area contributed by atoms with Gasteiger partial charge in [-0.3, -0.25) is 0 Å². The van der Waals surface area contributed by atoms with Crippen LogP contribution in [0.4, 0.5) is 0 Å². The number of aromatic nitrogens is 3. The summed E-state index contributed by atoms with van der Waals surface area (Å²) in [5.41, 5.74) is 0.886. The van der Waals surface area contributed by atoms with Crippen LogP contribution in [0.2, 0.25) is 0 Å². The highest BCUT2D eigenvalue weighted by Gasteiger charge is 2.21. The van der Waals surface area contributed by atoms with E-state index in [0.29, 0.717) is 5.92 Å². The summed E-state index contributed by atoms with van der Waals surface area (Å²) in [5, 5.41) is 4.52. The van der Waals surface area contributed by atoms with Gasteiger partial charge in [-0.25, -0.2) is 9.50 Å². The molecule has 1 fully saturated rings. The summed E-state index contributed by atoms with van der Waals surface area (Å²) in [7, 11) is 3.83. The average Bonchev–Trinajstić information content (AvgIpc) is 2.94. The molecule has 0 aromatic carbocycles. The van der Waals surface area contributed by atoms with Crippen molar-refractivity contribution in [3.63, 3.8) is 0 Å². The first kappa shape index (κ1) is 11.5. The fraction of sp³-hybridized carbons (Fsp3) is 0.538. The Bertz CT molecular complexity index is 551. The van der Waals surface area contributed by atoms with Gasteiger partial charge in [0.1, 0.15) is 5.75 Å². The average molecular weight is 246 g/mol. The maximum atomic E-state index is 5.18. The second kappa shape index (κ2) is 4.57. The number of nitrogens with zero attached hydrogens (tertiary/aromatic N) is 4. The summed E-state index contributed by atoms with van der Waals surface area (Å²) in [6, 6.07) is 3.85. The SMILES string of the molecule is COc1ccc2nc(CC3CCN(C)C3)nn2c1. The van der Waals surface area contributed by atoms with E-state index in [1.165, 1.54) is 13.0 Å². The van der Waals surface area contributed by atoms with Crippen LogP contribution in [0.3, 0.4) is 0 Å². The van der Waals surface area contributed by atoms with Crippen LogP contribution < -0.4 is 4.74 Å². The molecule has 1 atom stereocenters. The van der Waals surface area contributed by atoms with Crippen molar-refractivity contribution in [2.45, 2.75) is 12.8 Å². The highest BCUT2D eigenvalue weighted by molar-refractivity contribution is 5.40. The molecule has 0 bridgehead atoms. The van der Waals surface area contributed by atoms with Crippen molar-refractivity contribution in [1.82, 2.24) is 19.5 Å². The highest BCUT2D eigenvalue weighted by Crippen LogP contribution is 2.19. The Hall–Kier alpha value is -1.62. The first-order chi connectivity index (χ1) is 8.74. The van der Waals surface area contributed by atoms with Crippen molar-refractivity contribution < 1.29 is 4.74 Å². The molecule has 1 saturated heterocycles. The van der Waals surface area contributed by atoms with Crippen LogP contribution in [0.5, 0.6) is 5.75 Å². The Kier molecular flexibility index (Phi) is 2.91. The Morgan fingerprint density at radius 2 is 2.33 bits per heavy atom. The minimum absolute atomic E-state index is 0.689. The van der Waals surface area contributed by atoms with Gasteiger partial charge in [0, 0.05) is 13.0 Å². The van der Waals surface area contributed by atoms with Crippen molar-refractivity contribution in [1.29, 1.82) is 0 Å². The molecule has 1 aliphatic rings. The second-order valence-corrected chi connectivity index (χ2v) is 5.02. The van der Waals surface area contributed by atoms with E-state index in [0.717, 1.165) is 30.2 Å². The number of methoxy groups -OCH3 is 1. The number of pyridine rings is 1. The van der Waals surface area contributed by atoms with E-state index in [1.54, 1.807) is 11.6 Å². The van der Waals surface area contributed by atoms with Gasteiger partial charge in [-0.1, -0.05) is 0 Å². The third-order valence-corrected chi connectivity index (χ3v) is 3.54.